The van der Waals surface area contributed by atoms with E-state index in [0.29, 0.717) is 12.2 Å². The van der Waals surface area contributed by atoms with E-state index in [0.717, 1.165) is 0 Å². The molecule has 1 amide bonds. The Hall–Kier alpha value is -1.62. The summed E-state index contributed by atoms with van der Waals surface area (Å²) < 4.78 is 18.3. The van der Waals surface area contributed by atoms with Gasteiger partial charge in [-0.3, -0.25) is 4.79 Å². The third-order valence-electron chi connectivity index (χ3n) is 2.61. The van der Waals surface area contributed by atoms with Crippen molar-refractivity contribution in [2.75, 3.05) is 12.4 Å². The first-order chi connectivity index (χ1) is 7.61. The van der Waals surface area contributed by atoms with Crippen molar-refractivity contribution in [1.29, 1.82) is 0 Å². The van der Waals surface area contributed by atoms with Crippen molar-refractivity contribution in [3.63, 3.8) is 0 Å². The molecule has 0 bridgehead atoms. The van der Waals surface area contributed by atoms with Gasteiger partial charge in [0.15, 0.2) is 0 Å². The van der Waals surface area contributed by atoms with Crippen LogP contribution in [0.2, 0.25) is 0 Å². The van der Waals surface area contributed by atoms with Gasteiger partial charge >= 0.3 is 0 Å². The molecule has 0 heterocycles. The average molecular weight is 224 g/mol. The maximum absolute atomic E-state index is 13.3. The van der Waals surface area contributed by atoms with Gasteiger partial charge < -0.3 is 15.8 Å². The van der Waals surface area contributed by atoms with Crippen molar-refractivity contribution in [1.82, 2.24) is 0 Å². The molecule has 86 valence electrons. The van der Waals surface area contributed by atoms with Crippen molar-refractivity contribution >= 4 is 11.6 Å². The molecule has 1 saturated carbocycles. The van der Waals surface area contributed by atoms with Crippen molar-refractivity contribution < 1.29 is 13.9 Å². The molecule has 0 spiro atoms. The zero-order valence-corrected chi connectivity index (χ0v) is 8.87. The second-order valence-electron chi connectivity index (χ2n) is 3.84. The highest BCUT2D eigenvalue weighted by Gasteiger charge is 2.40. The summed E-state index contributed by atoms with van der Waals surface area (Å²) in [5.74, 6) is -0.412. The summed E-state index contributed by atoms with van der Waals surface area (Å²) in [5.41, 5.74) is 5.66. The minimum atomic E-state index is -0.483. The quantitative estimate of drug-likeness (QED) is 0.808. The molecule has 1 aromatic rings. The summed E-state index contributed by atoms with van der Waals surface area (Å²) in [6.07, 6.45) is 0.664. The number of rotatable bonds is 3. The minimum Gasteiger partial charge on any atom is -0.497 e. The summed E-state index contributed by atoms with van der Waals surface area (Å²) in [6.45, 7) is 0. The lowest BCUT2D eigenvalue weighted by Crippen LogP contribution is -2.19. The second kappa shape index (κ2) is 4.09. The molecule has 1 aliphatic carbocycles. The van der Waals surface area contributed by atoms with Gasteiger partial charge in [0.1, 0.15) is 11.6 Å². The van der Waals surface area contributed by atoms with Crippen LogP contribution in [0.15, 0.2) is 18.2 Å². The van der Waals surface area contributed by atoms with Crippen LogP contribution in [0, 0.1) is 11.7 Å². The highest BCUT2D eigenvalue weighted by atomic mass is 19.1. The molecule has 1 fully saturated rings. The van der Waals surface area contributed by atoms with Gasteiger partial charge in [-0.2, -0.15) is 0 Å². The second-order valence-corrected chi connectivity index (χ2v) is 3.84. The number of nitrogens with two attached hydrogens (primary N) is 1. The minimum absolute atomic E-state index is 0.0892. The first kappa shape index (κ1) is 10.9. The fourth-order valence-corrected chi connectivity index (χ4v) is 1.47. The maximum Gasteiger partial charge on any atom is 0.229 e. The summed E-state index contributed by atoms with van der Waals surface area (Å²) in [4.78, 5) is 11.5. The van der Waals surface area contributed by atoms with Crippen LogP contribution in [0.1, 0.15) is 6.42 Å². The van der Waals surface area contributed by atoms with E-state index in [4.69, 9.17) is 10.5 Å². The molecule has 0 radical (unpaired) electrons. The van der Waals surface area contributed by atoms with Crippen LogP contribution in [0.25, 0.3) is 0 Å². The zero-order valence-electron chi connectivity index (χ0n) is 8.87. The van der Waals surface area contributed by atoms with Crippen LogP contribution in [0.3, 0.4) is 0 Å². The van der Waals surface area contributed by atoms with Crippen molar-refractivity contribution in [3.05, 3.63) is 24.0 Å². The fraction of sp³-hybridized carbons (Fsp3) is 0.364. The number of amides is 1. The summed E-state index contributed by atoms with van der Waals surface area (Å²) in [6, 6.07) is 4.10. The third kappa shape index (κ3) is 2.14. The number of methoxy groups -OCH3 is 1. The Morgan fingerprint density at radius 2 is 2.31 bits per heavy atom. The molecule has 4 nitrogen and oxygen atoms in total. The largest absolute Gasteiger partial charge is 0.497 e. The average Bonchev–Trinajstić information content (AvgIpc) is 2.99. The fourth-order valence-electron chi connectivity index (χ4n) is 1.47. The van der Waals surface area contributed by atoms with Crippen LogP contribution in [0.4, 0.5) is 10.1 Å². The first-order valence-electron chi connectivity index (χ1n) is 5.02. The molecule has 1 aromatic carbocycles. The van der Waals surface area contributed by atoms with E-state index >= 15 is 0 Å². The van der Waals surface area contributed by atoms with E-state index in [1.807, 2.05) is 0 Å². The highest BCUT2D eigenvalue weighted by Crippen LogP contribution is 2.30. The summed E-state index contributed by atoms with van der Waals surface area (Å²) in [7, 11) is 1.48. The number of nitrogens with one attached hydrogen (secondary N) is 1. The molecule has 2 atom stereocenters. The van der Waals surface area contributed by atoms with Crippen LogP contribution < -0.4 is 15.8 Å². The molecule has 5 heteroatoms. The van der Waals surface area contributed by atoms with E-state index in [1.165, 1.54) is 25.3 Å². The molecule has 0 aromatic heterocycles. The number of carbonyl (C=O) groups is 1. The van der Waals surface area contributed by atoms with E-state index in [9.17, 15) is 9.18 Å². The Labute approximate surface area is 92.6 Å². The van der Waals surface area contributed by atoms with Gasteiger partial charge in [0.25, 0.3) is 0 Å². The van der Waals surface area contributed by atoms with Gasteiger partial charge in [0, 0.05) is 12.1 Å². The van der Waals surface area contributed by atoms with Gasteiger partial charge in [-0.15, -0.1) is 0 Å². The standard InChI is InChI=1S/C11H13FN2O2/c1-16-6-2-3-8(12)10(4-6)14-11(15)7-5-9(7)13/h2-4,7,9H,5,13H2,1H3,(H,14,15)/t7-,9+/m1/s1. The Balaban J connectivity index is 2.10. The van der Waals surface area contributed by atoms with Crippen molar-refractivity contribution in [2.24, 2.45) is 11.7 Å². The number of hydrogen-bond acceptors (Lipinski definition) is 3. The van der Waals surface area contributed by atoms with Gasteiger partial charge in [0.05, 0.1) is 18.7 Å². The predicted octanol–water partition coefficient (Wildman–Crippen LogP) is 1.12. The lowest BCUT2D eigenvalue weighted by Gasteiger charge is -2.07. The van der Waals surface area contributed by atoms with E-state index in [-0.39, 0.29) is 23.6 Å². The highest BCUT2D eigenvalue weighted by molar-refractivity contribution is 5.95. The molecular weight excluding hydrogens is 211 g/mol. The molecular formula is C11H13FN2O2. The molecule has 1 aliphatic rings. The van der Waals surface area contributed by atoms with Gasteiger partial charge in [0.2, 0.25) is 5.91 Å². The van der Waals surface area contributed by atoms with Crippen LogP contribution in [0.5, 0.6) is 5.75 Å². The number of hydrogen-bond donors (Lipinski definition) is 2. The van der Waals surface area contributed by atoms with Crippen LogP contribution in [-0.2, 0) is 4.79 Å². The smallest absolute Gasteiger partial charge is 0.229 e. The normalized spacial score (nSPS) is 22.7. The monoisotopic (exact) mass is 224 g/mol. The summed E-state index contributed by atoms with van der Waals surface area (Å²) in [5, 5.41) is 2.50. The van der Waals surface area contributed by atoms with Crippen LogP contribution >= 0.6 is 0 Å². The summed E-state index contributed by atoms with van der Waals surface area (Å²) >= 11 is 0. The van der Waals surface area contributed by atoms with Crippen molar-refractivity contribution in [2.45, 2.75) is 12.5 Å². The molecule has 0 aliphatic heterocycles. The van der Waals surface area contributed by atoms with E-state index in [2.05, 4.69) is 5.32 Å². The number of benzene rings is 1. The number of anilines is 1. The Bertz CT molecular complexity index is 422. The lowest BCUT2D eigenvalue weighted by atomic mass is 10.2. The van der Waals surface area contributed by atoms with Crippen molar-refractivity contribution in [3.8, 4) is 5.75 Å². The van der Waals surface area contributed by atoms with Crippen LogP contribution in [-0.4, -0.2) is 19.1 Å². The Morgan fingerprint density at radius 1 is 1.62 bits per heavy atom. The van der Waals surface area contributed by atoms with Gasteiger partial charge in [-0.05, 0) is 18.6 Å². The Kier molecular flexibility index (Phi) is 2.78. The Morgan fingerprint density at radius 3 is 2.88 bits per heavy atom. The molecule has 0 saturated heterocycles. The molecule has 3 N–H and O–H groups in total. The molecule has 16 heavy (non-hydrogen) atoms. The maximum atomic E-state index is 13.3. The number of halogens is 1. The topological polar surface area (TPSA) is 64.3 Å². The van der Waals surface area contributed by atoms with Gasteiger partial charge in [-0.1, -0.05) is 0 Å². The molecule has 2 rings (SSSR count). The zero-order chi connectivity index (χ0) is 11.7. The first-order valence-corrected chi connectivity index (χ1v) is 5.02. The SMILES string of the molecule is COc1ccc(F)c(NC(=O)[C@@H]2C[C@@H]2N)c1. The van der Waals surface area contributed by atoms with E-state index in [1.54, 1.807) is 0 Å². The lowest BCUT2D eigenvalue weighted by molar-refractivity contribution is -0.117. The third-order valence-corrected chi connectivity index (χ3v) is 2.61. The van der Waals surface area contributed by atoms with E-state index < -0.39 is 5.82 Å². The van der Waals surface area contributed by atoms with Gasteiger partial charge in [-0.25, -0.2) is 4.39 Å². The predicted molar refractivity (Wildman–Crippen MR) is 57.7 cm³/mol. The number of ether oxygens (including phenoxy) is 1. The number of carbonyl (C=O) groups excluding carboxylic acids is 1. The molecule has 0 unspecified atom stereocenters.